The quantitative estimate of drug-likeness (QED) is 0.761. The Balaban J connectivity index is 2.07. The molecule has 1 N–H and O–H groups in total. The second-order valence-electron chi connectivity index (χ2n) is 5.81. The van der Waals surface area contributed by atoms with Crippen LogP contribution >= 0.6 is 0 Å². The van der Waals surface area contributed by atoms with Gasteiger partial charge in [-0.2, -0.15) is 0 Å². The number of carbonyl (C=O) groups is 1. The first kappa shape index (κ1) is 19.0. The predicted molar refractivity (Wildman–Crippen MR) is 94.6 cm³/mol. The van der Waals surface area contributed by atoms with Crippen molar-refractivity contribution in [3.63, 3.8) is 0 Å². The van der Waals surface area contributed by atoms with Crippen molar-refractivity contribution in [2.45, 2.75) is 51.2 Å². The average molecular weight is 365 g/mol. The molecule has 2 aromatic rings. The topological polar surface area (TPSA) is 107 Å². The molecular weight excluding hydrogens is 342 g/mol. The first-order valence-electron chi connectivity index (χ1n) is 8.23. The Morgan fingerprint density at radius 3 is 2.52 bits per heavy atom. The van der Waals surface area contributed by atoms with Gasteiger partial charge in [-0.25, -0.2) is 13.1 Å². The summed E-state index contributed by atoms with van der Waals surface area (Å²) in [6, 6.07) is 7.32. The van der Waals surface area contributed by atoms with E-state index < -0.39 is 21.0 Å². The first-order valence-corrected chi connectivity index (χ1v) is 9.95. The van der Waals surface area contributed by atoms with E-state index in [-0.39, 0.29) is 11.6 Å². The number of amides is 1. The van der Waals surface area contributed by atoms with Gasteiger partial charge in [-0.3, -0.25) is 4.79 Å². The number of benzene rings is 1. The average Bonchev–Trinajstić information content (AvgIpc) is 3.01. The summed E-state index contributed by atoms with van der Waals surface area (Å²) in [4.78, 5) is 12.3. The van der Waals surface area contributed by atoms with E-state index in [4.69, 9.17) is 0 Å². The molecule has 0 aliphatic heterocycles. The first-order chi connectivity index (χ1) is 11.9. The van der Waals surface area contributed by atoms with E-state index in [1.807, 2.05) is 26.0 Å². The Morgan fingerprint density at radius 2 is 1.92 bits per heavy atom. The van der Waals surface area contributed by atoms with E-state index in [1.54, 1.807) is 12.1 Å². The normalized spacial score (nSPS) is 12.8. The van der Waals surface area contributed by atoms with Crippen LogP contribution in [0.3, 0.4) is 0 Å². The molecule has 0 aliphatic carbocycles. The molecule has 25 heavy (non-hydrogen) atoms. The molecule has 1 heterocycles. The zero-order valence-electron chi connectivity index (χ0n) is 14.6. The van der Waals surface area contributed by atoms with Crippen molar-refractivity contribution >= 4 is 21.4 Å². The molecular formula is C16H23N5O3S. The molecule has 0 spiro atoms. The lowest BCUT2D eigenvalue weighted by Crippen LogP contribution is -2.34. The van der Waals surface area contributed by atoms with E-state index in [1.165, 1.54) is 11.6 Å². The van der Waals surface area contributed by atoms with Crippen LogP contribution in [0.25, 0.3) is 0 Å². The van der Waals surface area contributed by atoms with E-state index >= 15 is 0 Å². The Hall–Kier alpha value is -2.29. The summed E-state index contributed by atoms with van der Waals surface area (Å²) < 4.78 is 26.5. The van der Waals surface area contributed by atoms with Crippen LogP contribution in [0.4, 0.5) is 5.69 Å². The third-order valence-corrected chi connectivity index (χ3v) is 5.86. The highest BCUT2D eigenvalue weighted by Gasteiger charge is 2.30. The third kappa shape index (κ3) is 4.85. The molecule has 0 saturated heterocycles. The van der Waals surface area contributed by atoms with Gasteiger partial charge < -0.3 is 5.32 Å². The summed E-state index contributed by atoms with van der Waals surface area (Å²) in [6.45, 7) is 5.88. The second-order valence-corrected chi connectivity index (χ2v) is 8.13. The van der Waals surface area contributed by atoms with Crippen molar-refractivity contribution < 1.29 is 13.2 Å². The molecule has 0 aliphatic rings. The van der Waals surface area contributed by atoms with E-state index in [0.717, 1.165) is 18.4 Å². The summed E-state index contributed by atoms with van der Waals surface area (Å²) >= 11 is 0. The molecule has 0 radical (unpaired) electrons. The standard InChI is InChI=1S/C16H23N5O3S/c1-4-10-21-15(18-19-20-21)11-25(23,24)12(3)16(22)17-14-8-6-13(5-2)7-9-14/h6-9,12H,4-5,10-11H2,1-3H3,(H,17,22). The predicted octanol–water partition coefficient (Wildman–Crippen LogP) is 1.59. The van der Waals surface area contributed by atoms with Gasteiger partial charge in [0.1, 0.15) is 11.0 Å². The molecule has 9 heteroatoms. The summed E-state index contributed by atoms with van der Waals surface area (Å²) in [7, 11) is -3.73. The minimum atomic E-state index is -3.73. The number of tetrazole rings is 1. The number of nitrogens with one attached hydrogen (secondary N) is 1. The molecule has 0 bridgehead atoms. The second kappa shape index (κ2) is 8.19. The SMILES string of the molecule is CCCn1nnnc1CS(=O)(=O)C(C)C(=O)Nc1ccc(CC)cc1. The highest BCUT2D eigenvalue weighted by atomic mass is 32.2. The van der Waals surface area contributed by atoms with E-state index in [2.05, 4.69) is 20.8 Å². The van der Waals surface area contributed by atoms with Crippen LogP contribution in [0, 0.1) is 0 Å². The fourth-order valence-electron chi connectivity index (χ4n) is 2.25. The van der Waals surface area contributed by atoms with E-state index in [0.29, 0.717) is 12.2 Å². The van der Waals surface area contributed by atoms with Crippen molar-refractivity contribution in [2.75, 3.05) is 5.32 Å². The highest BCUT2D eigenvalue weighted by molar-refractivity contribution is 7.92. The lowest BCUT2D eigenvalue weighted by Gasteiger charge is -2.13. The van der Waals surface area contributed by atoms with Crippen molar-refractivity contribution in [1.29, 1.82) is 0 Å². The van der Waals surface area contributed by atoms with Gasteiger partial charge in [-0.05, 0) is 47.9 Å². The molecule has 0 fully saturated rings. The van der Waals surface area contributed by atoms with Gasteiger partial charge in [0, 0.05) is 12.2 Å². The summed E-state index contributed by atoms with van der Waals surface area (Å²) in [6.07, 6.45) is 1.67. The molecule has 1 aromatic carbocycles. The zero-order valence-corrected chi connectivity index (χ0v) is 15.5. The summed E-state index contributed by atoms with van der Waals surface area (Å²) in [5, 5.41) is 12.5. The summed E-state index contributed by atoms with van der Waals surface area (Å²) in [5.74, 6) is -0.698. The number of carbonyl (C=O) groups excluding carboxylic acids is 1. The maximum Gasteiger partial charge on any atom is 0.242 e. The van der Waals surface area contributed by atoms with Crippen LogP contribution in [0.15, 0.2) is 24.3 Å². The Labute approximate surface area is 147 Å². The number of rotatable bonds is 8. The van der Waals surface area contributed by atoms with Gasteiger partial charge >= 0.3 is 0 Å². The maximum absolute atomic E-state index is 12.5. The lowest BCUT2D eigenvalue weighted by molar-refractivity contribution is -0.115. The molecule has 136 valence electrons. The van der Waals surface area contributed by atoms with Crippen molar-refractivity contribution in [3.05, 3.63) is 35.7 Å². The van der Waals surface area contributed by atoms with Crippen molar-refractivity contribution in [1.82, 2.24) is 20.2 Å². The van der Waals surface area contributed by atoms with Gasteiger partial charge in [-0.1, -0.05) is 26.0 Å². The largest absolute Gasteiger partial charge is 0.325 e. The Kier molecular flexibility index (Phi) is 6.24. The van der Waals surface area contributed by atoms with Gasteiger partial charge in [0.05, 0.1) is 0 Å². The van der Waals surface area contributed by atoms with Gasteiger partial charge in [0.2, 0.25) is 5.91 Å². The van der Waals surface area contributed by atoms with Gasteiger partial charge in [0.25, 0.3) is 0 Å². The molecule has 1 aromatic heterocycles. The molecule has 0 saturated carbocycles. The van der Waals surface area contributed by atoms with Crippen LogP contribution in [0.1, 0.15) is 38.6 Å². The molecule has 1 amide bonds. The fraction of sp³-hybridized carbons (Fsp3) is 0.500. The zero-order chi connectivity index (χ0) is 18.4. The molecule has 8 nitrogen and oxygen atoms in total. The number of aromatic nitrogens is 4. The van der Waals surface area contributed by atoms with Crippen LogP contribution in [0.2, 0.25) is 0 Å². The number of anilines is 1. The van der Waals surface area contributed by atoms with Gasteiger partial charge in [0.15, 0.2) is 15.7 Å². The fourth-order valence-corrected chi connectivity index (χ4v) is 3.45. The van der Waals surface area contributed by atoms with E-state index in [9.17, 15) is 13.2 Å². The number of aryl methyl sites for hydroxylation is 2. The van der Waals surface area contributed by atoms with Gasteiger partial charge in [-0.15, -0.1) is 5.10 Å². The minimum Gasteiger partial charge on any atom is -0.325 e. The summed E-state index contributed by atoms with van der Waals surface area (Å²) in [5.41, 5.74) is 1.71. The molecule has 1 atom stereocenters. The maximum atomic E-state index is 12.5. The lowest BCUT2D eigenvalue weighted by atomic mass is 10.1. The number of nitrogens with zero attached hydrogens (tertiary/aromatic N) is 4. The van der Waals surface area contributed by atoms with Crippen molar-refractivity contribution in [3.8, 4) is 0 Å². The highest BCUT2D eigenvalue weighted by Crippen LogP contribution is 2.14. The third-order valence-electron chi connectivity index (χ3n) is 3.91. The van der Waals surface area contributed by atoms with Crippen LogP contribution < -0.4 is 5.32 Å². The number of hydrogen-bond donors (Lipinski definition) is 1. The molecule has 1 unspecified atom stereocenters. The Morgan fingerprint density at radius 1 is 1.24 bits per heavy atom. The van der Waals surface area contributed by atoms with Crippen LogP contribution in [-0.4, -0.2) is 39.8 Å². The monoisotopic (exact) mass is 365 g/mol. The minimum absolute atomic E-state index is 0.244. The molecule has 2 rings (SSSR count). The van der Waals surface area contributed by atoms with Crippen LogP contribution in [0.5, 0.6) is 0 Å². The number of sulfone groups is 1. The smallest absolute Gasteiger partial charge is 0.242 e. The van der Waals surface area contributed by atoms with Crippen LogP contribution in [-0.2, 0) is 33.4 Å². The van der Waals surface area contributed by atoms with Crippen molar-refractivity contribution in [2.24, 2.45) is 0 Å². The Bertz CT molecular complexity index is 815. The number of hydrogen-bond acceptors (Lipinski definition) is 6.